The molecule has 3 aliphatic rings. The Balaban J connectivity index is 1.53. The minimum absolute atomic E-state index is 0.105. The number of hydrogen-bond donors (Lipinski definition) is 1. The standard InChI is InChI=1S/C25H35NO2S2/c1-18-9-8-10-19(15-18)17-26-23(27)22-16-21(20-11-4-2-5-12-20)25(22,24(26)28)30-14-7-3-6-13-29/h2,4-5,11-12,18-19,21-22,29H,3,6-10,13-17H2,1H3/t18?,19?,21-,22+,25-/m0/s1. The van der Waals surface area contributed by atoms with Gasteiger partial charge in [-0.25, -0.2) is 0 Å². The molecule has 1 aromatic carbocycles. The number of rotatable bonds is 9. The van der Waals surface area contributed by atoms with Crippen molar-refractivity contribution >= 4 is 36.2 Å². The molecule has 0 aromatic heterocycles. The maximum Gasteiger partial charge on any atom is 0.246 e. The molecule has 0 radical (unpaired) electrons. The van der Waals surface area contributed by atoms with E-state index in [1.165, 1.54) is 18.4 Å². The van der Waals surface area contributed by atoms with Gasteiger partial charge in [-0.05, 0) is 61.0 Å². The Kier molecular flexibility index (Phi) is 7.19. The van der Waals surface area contributed by atoms with Gasteiger partial charge in [-0.2, -0.15) is 12.6 Å². The van der Waals surface area contributed by atoms with Crippen molar-refractivity contribution < 1.29 is 9.59 Å². The lowest BCUT2D eigenvalue weighted by molar-refractivity contribution is -0.140. The molecule has 3 fully saturated rings. The number of thioether (sulfide) groups is 1. The molecule has 2 amide bonds. The normalized spacial score (nSPS) is 33.5. The third-order valence-electron chi connectivity index (χ3n) is 7.48. The summed E-state index contributed by atoms with van der Waals surface area (Å²) in [5.74, 6) is 3.28. The number of likely N-dealkylation sites (tertiary alicyclic amines) is 1. The highest BCUT2D eigenvalue weighted by Crippen LogP contribution is 2.63. The summed E-state index contributed by atoms with van der Waals surface area (Å²) in [4.78, 5) is 28.8. The van der Waals surface area contributed by atoms with Crippen LogP contribution in [0.25, 0.3) is 0 Å². The Hall–Kier alpha value is -0.940. The van der Waals surface area contributed by atoms with Crippen molar-refractivity contribution in [3.8, 4) is 0 Å². The molecule has 2 saturated carbocycles. The Morgan fingerprint density at radius 2 is 1.87 bits per heavy atom. The second-order valence-electron chi connectivity index (χ2n) is 9.57. The van der Waals surface area contributed by atoms with Gasteiger partial charge >= 0.3 is 0 Å². The van der Waals surface area contributed by atoms with Crippen LogP contribution in [0, 0.1) is 17.8 Å². The molecule has 30 heavy (non-hydrogen) atoms. The summed E-state index contributed by atoms with van der Waals surface area (Å²) in [6.07, 6.45) is 8.96. The average Bonchev–Trinajstić information content (AvgIpc) is 2.87. The first-order chi connectivity index (χ1) is 14.6. The van der Waals surface area contributed by atoms with Crippen LogP contribution in [0.5, 0.6) is 0 Å². The summed E-state index contributed by atoms with van der Waals surface area (Å²) in [5, 5.41) is 0. The van der Waals surface area contributed by atoms with Gasteiger partial charge in [0.15, 0.2) is 0 Å². The van der Waals surface area contributed by atoms with Gasteiger partial charge in [0.2, 0.25) is 11.8 Å². The van der Waals surface area contributed by atoms with Crippen LogP contribution in [0.15, 0.2) is 30.3 Å². The van der Waals surface area contributed by atoms with E-state index in [1.54, 1.807) is 16.7 Å². The minimum Gasteiger partial charge on any atom is -0.281 e. The Morgan fingerprint density at radius 1 is 1.07 bits per heavy atom. The van der Waals surface area contributed by atoms with E-state index in [-0.39, 0.29) is 23.7 Å². The summed E-state index contributed by atoms with van der Waals surface area (Å²) in [5.41, 5.74) is 1.21. The molecule has 4 rings (SSSR count). The smallest absolute Gasteiger partial charge is 0.246 e. The summed E-state index contributed by atoms with van der Waals surface area (Å²) < 4.78 is -0.570. The van der Waals surface area contributed by atoms with Crippen molar-refractivity contribution in [2.75, 3.05) is 18.1 Å². The third kappa shape index (κ3) is 4.09. The van der Waals surface area contributed by atoms with Gasteiger partial charge in [-0.1, -0.05) is 56.5 Å². The Labute approximate surface area is 191 Å². The lowest BCUT2D eigenvalue weighted by Gasteiger charge is -2.48. The van der Waals surface area contributed by atoms with Gasteiger partial charge in [0.25, 0.3) is 0 Å². The topological polar surface area (TPSA) is 37.4 Å². The quantitative estimate of drug-likeness (QED) is 0.307. The fourth-order valence-electron chi connectivity index (χ4n) is 5.87. The molecule has 0 bridgehead atoms. The monoisotopic (exact) mass is 445 g/mol. The van der Waals surface area contributed by atoms with Crippen molar-refractivity contribution in [3.63, 3.8) is 0 Å². The van der Waals surface area contributed by atoms with Crippen LogP contribution in [0.1, 0.15) is 69.8 Å². The number of amides is 2. The number of benzene rings is 1. The lowest BCUT2D eigenvalue weighted by atomic mass is 9.62. The number of hydrogen-bond acceptors (Lipinski definition) is 4. The fourth-order valence-corrected chi connectivity index (χ4v) is 7.85. The highest BCUT2D eigenvalue weighted by Gasteiger charge is 2.70. The van der Waals surface area contributed by atoms with Crippen LogP contribution in [-0.4, -0.2) is 39.5 Å². The molecule has 164 valence electrons. The Bertz CT molecular complexity index is 755. The SMILES string of the molecule is CC1CCCC(CN2C(=O)[C@H]3C[C@@H](c4ccccc4)[C@@]3(SCCCCCS)C2=O)C1. The van der Waals surface area contributed by atoms with Gasteiger partial charge < -0.3 is 0 Å². The second kappa shape index (κ2) is 9.68. The predicted octanol–water partition coefficient (Wildman–Crippen LogP) is 5.56. The fraction of sp³-hybridized carbons (Fsp3) is 0.680. The third-order valence-corrected chi connectivity index (χ3v) is 9.51. The largest absolute Gasteiger partial charge is 0.281 e. The number of imide groups is 1. The van der Waals surface area contributed by atoms with E-state index < -0.39 is 4.75 Å². The van der Waals surface area contributed by atoms with Crippen molar-refractivity contribution in [1.82, 2.24) is 4.90 Å². The molecule has 2 aliphatic carbocycles. The summed E-state index contributed by atoms with van der Waals surface area (Å²) in [6, 6.07) is 10.4. The van der Waals surface area contributed by atoms with E-state index in [0.29, 0.717) is 18.4 Å². The van der Waals surface area contributed by atoms with E-state index >= 15 is 0 Å². The molecule has 5 atom stereocenters. The number of fused-ring (bicyclic) bond motifs is 1. The maximum absolute atomic E-state index is 13.8. The number of thiol groups is 1. The van der Waals surface area contributed by atoms with Crippen molar-refractivity contribution in [2.24, 2.45) is 17.8 Å². The van der Waals surface area contributed by atoms with E-state index in [1.807, 2.05) is 6.07 Å². The highest BCUT2D eigenvalue weighted by atomic mass is 32.2. The maximum atomic E-state index is 13.8. The van der Waals surface area contributed by atoms with E-state index in [4.69, 9.17) is 0 Å². The van der Waals surface area contributed by atoms with Gasteiger partial charge in [-0.15, -0.1) is 11.8 Å². The van der Waals surface area contributed by atoms with Gasteiger partial charge in [0.05, 0.1) is 5.92 Å². The number of carbonyl (C=O) groups excluding carboxylic acids is 2. The molecule has 1 heterocycles. The van der Waals surface area contributed by atoms with Crippen LogP contribution >= 0.6 is 24.4 Å². The number of carbonyl (C=O) groups is 2. The lowest BCUT2D eigenvalue weighted by Crippen LogP contribution is -2.54. The molecule has 3 nitrogen and oxygen atoms in total. The molecule has 1 saturated heterocycles. The van der Waals surface area contributed by atoms with Crippen LogP contribution in [-0.2, 0) is 9.59 Å². The van der Waals surface area contributed by atoms with Gasteiger partial charge in [0, 0.05) is 12.5 Å². The molecular formula is C25H35NO2S2. The molecule has 0 spiro atoms. The number of nitrogens with zero attached hydrogens (tertiary/aromatic N) is 1. The van der Waals surface area contributed by atoms with Crippen LogP contribution in [0.3, 0.4) is 0 Å². The summed E-state index contributed by atoms with van der Waals surface area (Å²) >= 11 is 6.08. The minimum atomic E-state index is -0.570. The van der Waals surface area contributed by atoms with Crippen molar-refractivity contribution in [3.05, 3.63) is 35.9 Å². The average molecular weight is 446 g/mol. The first-order valence-electron chi connectivity index (χ1n) is 11.7. The molecule has 1 aliphatic heterocycles. The second-order valence-corrected chi connectivity index (χ2v) is 11.4. The van der Waals surface area contributed by atoms with Crippen molar-refractivity contribution in [2.45, 2.75) is 69.0 Å². The van der Waals surface area contributed by atoms with Crippen LogP contribution in [0.4, 0.5) is 0 Å². The van der Waals surface area contributed by atoms with Crippen molar-refractivity contribution in [1.29, 1.82) is 0 Å². The molecule has 2 unspecified atom stereocenters. The molecule has 5 heteroatoms. The first-order valence-corrected chi connectivity index (χ1v) is 13.3. The summed E-state index contributed by atoms with van der Waals surface area (Å²) in [6.45, 7) is 2.94. The predicted molar refractivity (Wildman–Crippen MR) is 128 cm³/mol. The van der Waals surface area contributed by atoms with Gasteiger partial charge in [-0.3, -0.25) is 14.5 Å². The number of unbranched alkanes of at least 4 members (excludes halogenated alkanes) is 2. The molecule has 0 N–H and O–H groups in total. The van der Waals surface area contributed by atoms with Crippen LogP contribution < -0.4 is 0 Å². The van der Waals surface area contributed by atoms with E-state index in [2.05, 4.69) is 43.8 Å². The first kappa shape index (κ1) is 22.3. The Morgan fingerprint density at radius 3 is 2.60 bits per heavy atom. The molecule has 1 aromatic rings. The highest BCUT2D eigenvalue weighted by molar-refractivity contribution is 8.01. The summed E-state index contributed by atoms with van der Waals surface area (Å²) in [7, 11) is 0. The van der Waals surface area contributed by atoms with Crippen LogP contribution in [0.2, 0.25) is 0 Å². The van der Waals surface area contributed by atoms with E-state index in [9.17, 15) is 9.59 Å². The zero-order chi connectivity index (χ0) is 21.1. The zero-order valence-corrected chi connectivity index (χ0v) is 19.8. The van der Waals surface area contributed by atoms with E-state index in [0.717, 1.165) is 50.0 Å². The molecular weight excluding hydrogens is 410 g/mol. The van der Waals surface area contributed by atoms with Gasteiger partial charge in [0.1, 0.15) is 4.75 Å². The zero-order valence-electron chi connectivity index (χ0n) is 18.1.